The maximum Gasteiger partial charge on any atom is 0.306 e. The van der Waals surface area contributed by atoms with E-state index in [-0.39, 0.29) is 18.0 Å². The van der Waals surface area contributed by atoms with Crippen molar-refractivity contribution in [3.8, 4) is 0 Å². The van der Waals surface area contributed by atoms with Crippen molar-refractivity contribution in [3.05, 3.63) is 0 Å². The molecule has 0 radical (unpaired) electrons. The van der Waals surface area contributed by atoms with Crippen LogP contribution in [0.4, 0.5) is 0 Å². The minimum Gasteiger partial charge on any atom is -0.466 e. The van der Waals surface area contributed by atoms with Crippen LogP contribution >= 0.6 is 0 Å². The normalized spacial score (nSPS) is 12.4. The van der Waals surface area contributed by atoms with Crippen LogP contribution in [0.2, 0.25) is 0 Å². The summed E-state index contributed by atoms with van der Waals surface area (Å²) < 4.78 is 10.7. The molecule has 0 spiro atoms. The molecule has 1 atom stereocenters. The first-order valence-corrected chi connectivity index (χ1v) is 10.7. The number of esters is 2. The molecule has 1 unspecified atom stereocenters. The van der Waals surface area contributed by atoms with Gasteiger partial charge in [-0.25, -0.2) is 0 Å². The van der Waals surface area contributed by atoms with Crippen molar-refractivity contribution in [2.24, 2.45) is 11.8 Å². The summed E-state index contributed by atoms with van der Waals surface area (Å²) in [5, 5.41) is 0. The number of hydrogen-bond donors (Lipinski definition) is 0. The van der Waals surface area contributed by atoms with E-state index in [1.807, 2.05) is 0 Å². The van der Waals surface area contributed by atoms with Gasteiger partial charge in [-0.1, -0.05) is 60.3 Å². The van der Waals surface area contributed by atoms with E-state index >= 15 is 0 Å². The molecule has 0 aromatic rings. The molecular weight excluding hydrogens is 328 g/mol. The summed E-state index contributed by atoms with van der Waals surface area (Å²) in [6, 6.07) is 0. The molecule has 0 aliphatic rings. The number of rotatable bonds is 16. The molecule has 0 saturated heterocycles. The summed E-state index contributed by atoms with van der Waals surface area (Å²) in [5.74, 6) is 0.919. The van der Waals surface area contributed by atoms with Crippen LogP contribution in [0, 0.1) is 11.8 Å². The summed E-state index contributed by atoms with van der Waals surface area (Å²) in [6.07, 6.45) is 10.2. The Morgan fingerprint density at radius 2 is 1.31 bits per heavy atom. The minimum atomic E-state index is -0.0641. The highest BCUT2D eigenvalue weighted by Gasteiger charge is 2.15. The second-order valence-corrected chi connectivity index (χ2v) is 8.06. The highest BCUT2D eigenvalue weighted by atomic mass is 16.5. The lowest BCUT2D eigenvalue weighted by atomic mass is 10.1. The molecule has 154 valence electrons. The minimum absolute atomic E-state index is 0.0487. The Labute approximate surface area is 161 Å². The lowest BCUT2D eigenvalue weighted by Gasteiger charge is -2.19. The molecule has 4 heteroatoms. The molecule has 0 rings (SSSR count). The van der Waals surface area contributed by atoms with Crippen LogP contribution in [0.1, 0.15) is 105 Å². The van der Waals surface area contributed by atoms with E-state index in [9.17, 15) is 9.59 Å². The fourth-order valence-corrected chi connectivity index (χ4v) is 2.91. The third kappa shape index (κ3) is 15.2. The summed E-state index contributed by atoms with van der Waals surface area (Å²) in [7, 11) is 0. The Morgan fingerprint density at radius 1 is 0.769 bits per heavy atom. The van der Waals surface area contributed by atoms with E-state index in [2.05, 4.69) is 34.6 Å². The van der Waals surface area contributed by atoms with Crippen molar-refractivity contribution in [2.45, 2.75) is 111 Å². The number of hydrogen-bond acceptors (Lipinski definition) is 4. The Balaban J connectivity index is 3.45. The van der Waals surface area contributed by atoms with E-state index in [1.54, 1.807) is 0 Å². The maximum atomic E-state index is 11.8. The van der Waals surface area contributed by atoms with Crippen LogP contribution in [-0.2, 0) is 19.1 Å². The molecular formula is C22H42O4. The first-order chi connectivity index (χ1) is 12.4. The molecule has 0 bridgehead atoms. The van der Waals surface area contributed by atoms with Gasteiger partial charge in [0.2, 0.25) is 0 Å². The SMILES string of the molecule is CCC(OC(=O)CCCCCCCCC(=O)OCCCC(C)C)C(C)C. The van der Waals surface area contributed by atoms with Crippen LogP contribution in [0.3, 0.4) is 0 Å². The monoisotopic (exact) mass is 370 g/mol. The summed E-state index contributed by atoms with van der Waals surface area (Å²) in [4.78, 5) is 23.4. The van der Waals surface area contributed by atoms with E-state index in [1.165, 1.54) is 0 Å². The molecule has 4 nitrogen and oxygen atoms in total. The standard InChI is InChI=1S/C22H42O4/c1-6-20(19(4)5)26-22(24)16-12-10-8-7-9-11-15-21(23)25-17-13-14-18(2)3/h18-20H,6-17H2,1-5H3. The summed E-state index contributed by atoms with van der Waals surface area (Å²) in [6.45, 7) is 11.1. The number of carbonyl (C=O) groups excluding carboxylic acids is 2. The summed E-state index contributed by atoms with van der Waals surface area (Å²) >= 11 is 0. The second-order valence-electron chi connectivity index (χ2n) is 8.06. The van der Waals surface area contributed by atoms with Gasteiger partial charge in [0, 0.05) is 12.8 Å². The van der Waals surface area contributed by atoms with Crippen molar-refractivity contribution >= 4 is 11.9 Å². The molecule has 0 aliphatic carbocycles. The molecule has 0 heterocycles. The van der Waals surface area contributed by atoms with Gasteiger partial charge in [-0.2, -0.15) is 0 Å². The van der Waals surface area contributed by atoms with E-state index in [0.29, 0.717) is 31.3 Å². The average Bonchev–Trinajstić information content (AvgIpc) is 2.58. The van der Waals surface area contributed by atoms with Crippen LogP contribution in [0.15, 0.2) is 0 Å². The molecule has 0 aromatic heterocycles. The zero-order valence-electron chi connectivity index (χ0n) is 17.9. The van der Waals surface area contributed by atoms with Crippen molar-refractivity contribution in [1.82, 2.24) is 0 Å². The lowest BCUT2D eigenvalue weighted by molar-refractivity contribution is -0.151. The first-order valence-electron chi connectivity index (χ1n) is 10.7. The molecule has 0 aromatic carbocycles. The van der Waals surface area contributed by atoms with Crippen molar-refractivity contribution in [3.63, 3.8) is 0 Å². The van der Waals surface area contributed by atoms with Crippen LogP contribution in [0.5, 0.6) is 0 Å². The van der Waals surface area contributed by atoms with Gasteiger partial charge in [0.15, 0.2) is 0 Å². The third-order valence-electron chi connectivity index (χ3n) is 4.63. The topological polar surface area (TPSA) is 52.6 Å². The lowest BCUT2D eigenvalue weighted by Crippen LogP contribution is -2.22. The van der Waals surface area contributed by atoms with Gasteiger partial charge in [0.05, 0.1) is 6.61 Å². The van der Waals surface area contributed by atoms with E-state index < -0.39 is 0 Å². The quantitative estimate of drug-likeness (QED) is 0.245. The predicted octanol–water partition coefficient (Wildman–Crippen LogP) is 6.06. The van der Waals surface area contributed by atoms with Gasteiger partial charge >= 0.3 is 11.9 Å². The average molecular weight is 371 g/mol. The number of ether oxygens (including phenoxy) is 2. The smallest absolute Gasteiger partial charge is 0.306 e. The van der Waals surface area contributed by atoms with Gasteiger partial charge in [0.25, 0.3) is 0 Å². The molecule has 0 saturated carbocycles. The van der Waals surface area contributed by atoms with Gasteiger partial charge in [-0.05, 0) is 43.9 Å². The zero-order chi connectivity index (χ0) is 19.8. The Kier molecular flexibility index (Phi) is 15.5. The molecule has 0 N–H and O–H groups in total. The van der Waals surface area contributed by atoms with Crippen LogP contribution < -0.4 is 0 Å². The Hall–Kier alpha value is -1.06. The van der Waals surface area contributed by atoms with Gasteiger partial charge in [-0.15, -0.1) is 0 Å². The molecule has 0 fully saturated rings. The third-order valence-corrected chi connectivity index (χ3v) is 4.63. The van der Waals surface area contributed by atoms with Gasteiger partial charge in [0.1, 0.15) is 6.10 Å². The maximum absolute atomic E-state index is 11.8. The predicted molar refractivity (Wildman–Crippen MR) is 107 cm³/mol. The van der Waals surface area contributed by atoms with Crippen molar-refractivity contribution in [2.75, 3.05) is 6.61 Å². The molecule has 0 aliphatic heterocycles. The van der Waals surface area contributed by atoms with E-state index in [0.717, 1.165) is 57.8 Å². The van der Waals surface area contributed by atoms with Crippen molar-refractivity contribution < 1.29 is 19.1 Å². The van der Waals surface area contributed by atoms with Gasteiger partial charge in [-0.3, -0.25) is 9.59 Å². The largest absolute Gasteiger partial charge is 0.466 e. The Bertz CT molecular complexity index is 363. The van der Waals surface area contributed by atoms with Crippen LogP contribution in [0.25, 0.3) is 0 Å². The highest BCUT2D eigenvalue weighted by Crippen LogP contribution is 2.14. The zero-order valence-corrected chi connectivity index (χ0v) is 17.9. The fourth-order valence-electron chi connectivity index (χ4n) is 2.91. The fraction of sp³-hybridized carbons (Fsp3) is 0.909. The van der Waals surface area contributed by atoms with Crippen LogP contribution in [-0.4, -0.2) is 24.6 Å². The number of unbranched alkanes of at least 4 members (excludes halogenated alkanes) is 5. The summed E-state index contributed by atoms with van der Waals surface area (Å²) in [5.41, 5.74) is 0. The van der Waals surface area contributed by atoms with Crippen molar-refractivity contribution in [1.29, 1.82) is 0 Å². The van der Waals surface area contributed by atoms with Gasteiger partial charge < -0.3 is 9.47 Å². The molecule has 26 heavy (non-hydrogen) atoms. The first kappa shape index (κ1) is 24.9. The Morgan fingerprint density at radius 3 is 1.81 bits per heavy atom. The second kappa shape index (κ2) is 16.1. The highest BCUT2D eigenvalue weighted by molar-refractivity contribution is 5.69. The molecule has 0 amide bonds. The number of carbonyl (C=O) groups is 2. The van der Waals surface area contributed by atoms with E-state index in [4.69, 9.17) is 9.47 Å².